The molecule has 2 heteroatoms. The first kappa shape index (κ1) is 15.8. The van der Waals surface area contributed by atoms with Crippen LogP contribution in [0.15, 0.2) is 12.3 Å². The average Bonchev–Trinajstić information content (AvgIpc) is 2.14. The molecular weight excluding hydrogens is 212 g/mol. The van der Waals surface area contributed by atoms with E-state index in [1.807, 2.05) is 6.26 Å². The van der Waals surface area contributed by atoms with Gasteiger partial charge in [-0.25, -0.2) is 0 Å². The third kappa shape index (κ3) is 6.36. The van der Waals surface area contributed by atoms with E-state index in [9.17, 15) is 0 Å². The van der Waals surface area contributed by atoms with Gasteiger partial charge in [-0.3, -0.25) is 0 Å². The summed E-state index contributed by atoms with van der Waals surface area (Å²) in [4.78, 5) is 0. The van der Waals surface area contributed by atoms with Crippen LogP contribution in [0.1, 0.15) is 59.8 Å². The number of allylic oxidation sites excluding steroid dienone is 1. The second kappa shape index (κ2) is 7.15. The Morgan fingerprint density at radius 3 is 2.19 bits per heavy atom. The van der Waals surface area contributed by atoms with E-state index in [-0.39, 0.29) is 0 Å². The Kier molecular flexibility index (Phi) is 7.05. The highest BCUT2D eigenvalue weighted by Gasteiger charge is 2.37. The number of rotatable bonds is 7. The number of hydrogen-bond acceptors (Lipinski definition) is 1. The van der Waals surface area contributed by atoms with Gasteiger partial charge in [-0.05, 0) is 31.0 Å². The van der Waals surface area contributed by atoms with Crippen LogP contribution in [-0.2, 0) is 4.43 Å². The van der Waals surface area contributed by atoms with Crippen molar-refractivity contribution in [2.75, 3.05) is 0 Å². The van der Waals surface area contributed by atoms with Gasteiger partial charge >= 0.3 is 0 Å². The molecule has 0 amide bonds. The highest BCUT2D eigenvalue weighted by atomic mass is 28.4. The van der Waals surface area contributed by atoms with Crippen LogP contribution in [0.4, 0.5) is 0 Å². The zero-order valence-corrected chi connectivity index (χ0v) is 13.1. The number of unbranched alkanes of at least 4 members (excludes halogenated alkanes) is 4. The molecule has 0 aliphatic carbocycles. The second-order valence-corrected chi connectivity index (χ2v) is 10.9. The summed E-state index contributed by atoms with van der Waals surface area (Å²) < 4.78 is 5.96. The first-order chi connectivity index (χ1) is 7.31. The summed E-state index contributed by atoms with van der Waals surface area (Å²) in [6, 6.07) is 0. The highest BCUT2D eigenvalue weighted by molar-refractivity contribution is 6.74. The van der Waals surface area contributed by atoms with Gasteiger partial charge < -0.3 is 4.43 Å². The van der Waals surface area contributed by atoms with Gasteiger partial charge in [0.05, 0.1) is 6.26 Å². The lowest BCUT2D eigenvalue weighted by Gasteiger charge is -2.34. The lowest BCUT2D eigenvalue weighted by atomic mass is 10.2. The van der Waals surface area contributed by atoms with Crippen LogP contribution in [0.3, 0.4) is 0 Å². The third-order valence-corrected chi connectivity index (χ3v) is 7.83. The summed E-state index contributed by atoms with van der Waals surface area (Å²) in [7, 11) is -1.57. The predicted molar refractivity (Wildman–Crippen MR) is 76.2 cm³/mol. The minimum Gasteiger partial charge on any atom is -0.549 e. The van der Waals surface area contributed by atoms with Crippen molar-refractivity contribution < 1.29 is 4.43 Å². The molecule has 0 heterocycles. The molecule has 1 nitrogen and oxygen atoms in total. The van der Waals surface area contributed by atoms with Crippen LogP contribution in [-0.4, -0.2) is 8.32 Å². The largest absolute Gasteiger partial charge is 0.549 e. The van der Waals surface area contributed by atoms with Gasteiger partial charge in [-0.15, -0.1) is 0 Å². The van der Waals surface area contributed by atoms with Crippen molar-refractivity contribution >= 4 is 8.32 Å². The maximum absolute atomic E-state index is 5.96. The van der Waals surface area contributed by atoms with Gasteiger partial charge in [0.15, 0.2) is 0 Å². The van der Waals surface area contributed by atoms with Crippen LogP contribution in [0.2, 0.25) is 18.1 Å². The maximum atomic E-state index is 5.96. The molecule has 0 spiro atoms. The van der Waals surface area contributed by atoms with Gasteiger partial charge in [-0.1, -0.05) is 53.0 Å². The molecule has 0 aromatic carbocycles. The summed E-state index contributed by atoms with van der Waals surface area (Å²) in [5, 5.41) is 0.305. The fraction of sp³-hybridized carbons (Fsp3) is 0.857. The van der Waals surface area contributed by atoms with E-state index in [0.29, 0.717) is 5.04 Å². The van der Waals surface area contributed by atoms with E-state index in [1.165, 1.54) is 25.7 Å². The van der Waals surface area contributed by atoms with E-state index in [4.69, 9.17) is 4.43 Å². The van der Waals surface area contributed by atoms with Gasteiger partial charge in [-0.2, -0.15) is 0 Å². The van der Waals surface area contributed by atoms with Crippen molar-refractivity contribution in [2.45, 2.75) is 77.9 Å². The molecule has 0 saturated carbocycles. The van der Waals surface area contributed by atoms with Crippen LogP contribution in [0, 0.1) is 0 Å². The fourth-order valence-electron chi connectivity index (χ4n) is 1.15. The first-order valence-corrected chi connectivity index (χ1v) is 9.55. The maximum Gasteiger partial charge on any atom is 0.249 e. The van der Waals surface area contributed by atoms with Crippen molar-refractivity contribution in [3.8, 4) is 0 Å². The molecule has 0 aromatic heterocycles. The van der Waals surface area contributed by atoms with Crippen molar-refractivity contribution in [3.63, 3.8) is 0 Å². The smallest absolute Gasteiger partial charge is 0.249 e. The molecule has 0 aromatic rings. The fourth-order valence-corrected chi connectivity index (χ4v) is 1.94. The number of hydrogen-bond donors (Lipinski definition) is 0. The molecule has 0 rings (SSSR count). The van der Waals surface area contributed by atoms with Crippen LogP contribution in [0.5, 0.6) is 0 Å². The van der Waals surface area contributed by atoms with Crippen molar-refractivity contribution in [3.05, 3.63) is 12.3 Å². The van der Waals surface area contributed by atoms with E-state index in [1.54, 1.807) is 0 Å². The average molecular weight is 242 g/mol. The Morgan fingerprint density at radius 2 is 1.69 bits per heavy atom. The Labute approximate surface area is 103 Å². The van der Waals surface area contributed by atoms with E-state index < -0.39 is 8.32 Å². The normalized spacial score (nSPS) is 13.4. The lowest BCUT2D eigenvalue weighted by molar-refractivity contribution is 0.428. The SMILES string of the molecule is CCCCCC/C=C/O[Si](C)(C)C(C)(C)C. The van der Waals surface area contributed by atoms with Gasteiger partial charge in [0, 0.05) is 0 Å². The highest BCUT2D eigenvalue weighted by Crippen LogP contribution is 2.36. The van der Waals surface area contributed by atoms with Crippen LogP contribution < -0.4 is 0 Å². The zero-order chi connectivity index (χ0) is 12.7. The van der Waals surface area contributed by atoms with E-state index in [0.717, 1.165) is 6.42 Å². The molecule has 96 valence electrons. The Balaban J connectivity index is 3.75. The molecular formula is C14H30OSi. The van der Waals surface area contributed by atoms with Crippen LogP contribution >= 0.6 is 0 Å². The van der Waals surface area contributed by atoms with Crippen molar-refractivity contribution in [1.29, 1.82) is 0 Å². The molecule has 16 heavy (non-hydrogen) atoms. The summed E-state index contributed by atoms with van der Waals surface area (Å²) >= 11 is 0. The third-order valence-electron chi connectivity index (χ3n) is 3.49. The Hall–Kier alpha value is -0.243. The topological polar surface area (TPSA) is 9.23 Å². The predicted octanol–water partition coefficient (Wildman–Crippen LogP) is 5.49. The summed E-state index contributed by atoms with van der Waals surface area (Å²) in [5.41, 5.74) is 0. The Bertz CT molecular complexity index is 201. The minimum atomic E-state index is -1.57. The molecule has 0 N–H and O–H groups in total. The van der Waals surface area contributed by atoms with Gasteiger partial charge in [0.25, 0.3) is 0 Å². The minimum absolute atomic E-state index is 0.305. The lowest BCUT2D eigenvalue weighted by Crippen LogP contribution is -2.39. The van der Waals surface area contributed by atoms with E-state index in [2.05, 4.69) is 46.9 Å². The molecule has 0 fully saturated rings. The van der Waals surface area contributed by atoms with Crippen molar-refractivity contribution in [1.82, 2.24) is 0 Å². The molecule has 0 aliphatic heterocycles. The van der Waals surface area contributed by atoms with Crippen LogP contribution in [0.25, 0.3) is 0 Å². The zero-order valence-electron chi connectivity index (χ0n) is 12.1. The molecule has 0 unspecified atom stereocenters. The molecule has 0 saturated heterocycles. The van der Waals surface area contributed by atoms with E-state index >= 15 is 0 Å². The second-order valence-electron chi connectivity index (χ2n) is 6.10. The molecule has 0 bridgehead atoms. The first-order valence-electron chi connectivity index (χ1n) is 6.64. The quantitative estimate of drug-likeness (QED) is 0.326. The summed E-state index contributed by atoms with van der Waals surface area (Å²) in [6.07, 6.45) is 10.6. The van der Waals surface area contributed by atoms with Crippen molar-refractivity contribution in [2.24, 2.45) is 0 Å². The monoisotopic (exact) mass is 242 g/mol. The molecule has 0 radical (unpaired) electrons. The standard InChI is InChI=1S/C14H30OSi/c1-7-8-9-10-11-12-13-15-16(5,6)14(2,3)4/h12-13H,7-11H2,1-6H3/b13-12+. The Morgan fingerprint density at radius 1 is 1.06 bits per heavy atom. The summed E-state index contributed by atoms with van der Waals surface area (Å²) in [5.74, 6) is 0. The molecule has 0 aliphatic rings. The molecule has 0 atom stereocenters. The van der Waals surface area contributed by atoms with Gasteiger partial charge in [0.1, 0.15) is 0 Å². The van der Waals surface area contributed by atoms with Gasteiger partial charge in [0.2, 0.25) is 8.32 Å². The summed E-state index contributed by atoms with van der Waals surface area (Å²) in [6.45, 7) is 13.6.